The number of nitrogens with zero attached hydrogens (tertiary/aromatic N) is 1. The molecule has 0 atom stereocenters. The summed E-state index contributed by atoms with van der Waals surface area (Å²) in [5.74, 6) is 0. The van der Waals surface area contributed by atoms with Crippen LogP contribution in [0.1, 0.15) is 35.2 Å². The van der Waals surface area contributed by atoms with Gasteiger partial charge in [0.25, 0.3) is 0 Å². The first kappa shape index (κ1) is 13.1. The number of benzene rings is 2. The number of rotatable bonds is 1. The molecule has 2 nitrogen and oxygen atoms in total. The summed E-state index contributed by atoms with van der Waals surface area (Å²) in [4.78, 5) is 2.41. The van der Waals surface area contributed by atoms with Gasteiger partial charge in [-0.25, -0.2) is 0 Å². The Morgan fingerprint density at radius 2 is 1.38 bits per heavy atom. The van der Waals surface area contributed by atoms with Crippen molar-refractivity contribution in [1.82, 2.24) is 4.90 Å². The van der Waals surface area contributed by atoms with Crippen LogP contribution in [0.5, 0.6) is 0 Å². The molecule has 1 fully saturated rings. The number of hydrogen-bond acceptors (Lipinski definition) is 2. The van der Waals surface area contributed by atoms with Gasteiger partial charge in [-0.15, -0.1) is 0 Å². The zero-order valence-corrected chi connectivity index (χ0v) is 12.4. The summed E-state index contributed by atoms with van der Waals surface area (Å²) >= 11 is 0. The SMILES string of the molecule is CC1(O)CN(C2c3ccccc3CCc3ccccc32)C1. The van der Waals surface area contributed by atoms with Crippen LogP contribution in [-0.4, -0.2) is 28.7 Å². The van der Waals surface area contributed by atoms with Crippen LogP contribution < -0.4 is 0 Å². The van der Waals surface area contributed by atoms with E-state index in [0.29, 0.717) is 6.04 Å². The lowest BCUT2D eigenvalue weighted by Crippen LogP contribution is -2.60. The van der Waals surface area contributed by atoms with Gasteiger partial charge in [-0.2, -0.15) is 0 Å². The fourth-order valence-corrected chi connectivity index (χ4v) is 3.90. The largest absolute Gasteiger partial charge is 0.388 e. The molecule has 2 aromatic carbocycles. The van der Waals surface area contributed by atoms with E-state index < -0.39 is 5.60 Å². The second-order valence-electron chi connectivity index (χ2n) is 6.70. The average molecular weight is 279 g/mol. The van der Waals surface area contributed by atoms with Crippen molar-refractivity contribution in [3.05, 3.63) is 70.8 Å². The third-order valence-corrected chi connectivity index (χ3v) is 4.82. The lowest BCUT2D eigenvalue weighted by Gasteiger charge is -2.49. The van der Waals surface area contributed by atoms with E-state index in [9.17, 15) is 5.11 Å². The topological polar surface area (TPSA) is 23.5 Å². The molecule has 0 amide bonds. The molecule has 2 aromatic rings. The molecule has 1 saturated heterocycles. The second-order valence-corrected chi connectivity index (χ2v) is 6.70. The summed E-state index contributed by atoms with van der Waals surface area (Å²) in [7, 11) is 0. The second kappa shape index (κ2) is 4.69. The lowest BCUT2D eigenvalue weighted by atomic mass is 9.87. The van der Waals surface area contributed by atoms with E-state index in [1.807, 2.05) is 6.92 Å². The maximum absolute atomic E-state index is 10.1. The molecule has 108 valence electrons. The summed E-state index contributed by atoms with van der Waals surface area (Å²) in [5, 5.41) is 10.1. The Labute approximate surface area is 126 Å². The van der Waals surface area contributed by atoms with Crippen LogP contribution in [0.3, 0.4) is 0 Å². The molecule has 0 bridgehead atoms. The highest BCUT2D eigenvalue weighted by molar-refractivity contribution is 5.45. The molecule has 1 heterocycles. The Kier molecular flexibility index (Phi) is 2.91. The monoisotopic (exact) mass is 279 g/mol. The van der Waals surface area contributed by atoms with E-state index in [4.69, 9.17) is 0 Å². The Bertz CT molecular complexity index is 621. The fourth-order valence-electron chi connectivity index (χ4n) is 3.90. The number of fused-ring (bicyclic) bond motifs is 2. The van der Waals surface area contributed by atoms with Gasteiger partial charge in [0.1, 0.15) is 0 Å². The third-order valence-electron chi connectivity index (χ3n) is 4.82. The van der Waals surface area contributed by atoms with E-state index in [1.165, 1.54) is 22.3 Å². The Balaban J connectivity index is 1.83. The molecule has 0 aromatic heterocycles. The predicted octanol–water partition coefficient (Wildman–Crippen LogP) is 2.94. The first-order valence-corrected chi connectivity index (χ1v) is 7.76. The minimum absolute atomic E-state index is 0.292. The molecule has 4 rings (SSSR count). The van der Waals surface area contributed by atoms with Crippen molar-refractivity contribution in [2.75, 3.05) is 13.1 Å². The highest BCUT2D eigenvalue weighted by Crippen LogP contribution is 2.40. The van der Waals surface area contributed by atoms with Gasteiger partial charge in [0.05, 0.1) is 11.6 Å². The van der Waals surface area contributed by atoms with E-state index in [-0.39, 0.29) is 0 Å². The van der Waals surface area contributed by atoms with Crippen LogP contribution in [0.4, 0.5) is 0 Å². The van der Waals surface area contributed by atoms with E-state index >= 15 is 0 Å². The number of likely N-dealkylation sites (tertiary alicyclic amines) is 1. The predicted molar refractivity (Wildman–Crippen MR) is 84.3 cm³/mol. The maximum Gasteiger partial charge on any atom is 0.0872 e. The Morgan fingerprint density at radius 1 is 0.905 bits per heavy atom. The van der Waals surface area contributed by atoms with Crippen LogP contribution in [0.25, 0.3) is 0 Å². The van der Waals surface area contributed by atoms with Crippen molar-refractivity contribution < 1.29 is 5.11 Å². The Morgan fingerprint density at radius 3 is 1.86 bits per heavy atom. The van der Waals surface area contributed by atoms with Gasteiger partial charge in [-0.05, 0) is 42.0 Å². The maximum atomic E-state index is 10.1. The molecule has 0 radical (unpaired) electrons. The minimum atomic E-state index is -0.532. The summed E-state index contributed by atoms with van der Waals surface area (Å²) in [6.07, 6.45) is 2.21. The van der Waals surface area contributed by atoms with Crippen LogP contribution >= 0.6 is 0 Å². The van der Waals surface area contributed by atoms with Gasteiger partial charge in [-0.3, -0.25) is 4.90 Å². The first-order chi connectivity index (χ1) is 10.1. The number of aryl methyl sites for hydroxylation is 2. The quantitative estimate of drug-likeness (QED) is 0.867. The van der Waals surface area contributed by atoms with Gasteiger partial charge in [0.15, 0.2) is 0 Å². The van der Waals surface area contributed by atoms with Gasteiger partial charge in [0.2, 0.25) is 0 Å². The van der Waals surface area contributed by atoms with Crippen molar-refractivity contribution in [2.45, 2.75) is 31.4 Å². The summed E-state index contributed by atoms with van der Waals surface area (Å²) < 4.78 is 0. The fraction of sp³-hybridized carbons (Fsp3) is 0.368. The average Bonchev–Trinajstić information content (AvgIpc) is 2.61. The molecule has 21 heavy (non-hydrogen) atoms. The van der Waals surface area contributed by atoms with E-state index in [2.05, 4.69) is 53.4 Å². The zero-order valence-electron chi connectivity index (χ0n) is 12.4. The molecule has 0 saturated carbocycles. The van der Waals surface area contributed by atoms with Crippen LogP contribution in [-0.2, 0) is 12.8 Å². The zero-order chi connectivity index (χ0) is 14.4. The molecule has 1 aliphatic heterocycles. The van der Waals surface area contributed by atoms with Crippen LogP contribution in [0.2, 0.25) is 0 Å². The van der Waals surface area contributed by atoms with Gasteiger partial charge < -0.3 is 5.11 Å². The Hall–Kier alpha value is -1.64. The van der Waals surface area contributed by atoms with E-state index in [0.717, 1.165) is 25.9 Å². The number of hydrogen-bond donors (Lipinski definition) is 1. The lowest BCUT2D eigenvalue weighted by molar-refractivity contribution is -0.0964. The smallest absolute Gasteiger partial charge is 0.0872 e. The van der Waals surface area contributed by atoms with Crippen LogP contribution in [0, 0.1) is 0 Å². The van der Waals surface area contributed by atoms with Crippen molar-refractivity contribution in [3.63, 3.8) is 0 Å². The summed E-state index contributed by atoms with van der Waals surface area (Å²) in [5.41, 5.74) is 5.20. The minimum Gasteiger partial charge on any atom is -0.388 e. The third kappa shape index (κ3) is 2.19. The van der Waals surface area contributed by atoms with Gasteiger partial charge >= 0.3 is 0 Å². The highest BCUT2D eigenvalue weighted by atomic mass is 16.3. The molecular weight excluding hydrogens is 258 g/mol. The number of aliphatic hydroxyl groups is 1. The standard InChI is InChI=1S/C19H21NO/c1-19(21)12-20(13-19)18-16-8-4-2-6-14(16)10-11-15-7-3-5-9-17(15)18/h2-9,18,21H,10-13H2,1H3. The summed E-state index contributed by atoms with van der Waals surface area (Å²) in [6.45, 7) is 3.43. The highest BCUT2D eigenvalue weighted by Gasteiger charge is 2.42. The van der Waals surface area contributed by atoms with Crippen LogP contribution in [0.15, 0.2) is 48.5 Å². The molecule has 1 N–H and O–H groups in total. The van der Waals surface area contributed by atoms with Crippen molar-refractivity contribution in [2.24, 2.45) is 0 Å². The normalized spacial score (nSPS) is 21.0. The first-order valence-electron chi connectivity index (χ1n) is 7.76. The molecule has 0 spiro atoms. The van der Waals surface area contributed by atoms with E-state index in [1.54, 1.807) is 0 Å². The summed E-state index contributed by atoms with van der Waals surface area (Å²) in [6, 6.07) is 17.9. The molecule has 0 unspecified atom stereocenters. The molecule has 2 aliphatic rings. The van der Waals surface area contributed by atoms with Gasteiger partial charge in [0, 0.05) is 13.1 Å². The van der Waals surface area contributed by atoms with Crippen molar-refractivity contribution in [1.29, 1.82) is 0 Å². The molecular formula is C19H21NO. The molecule has 1 aliphatic carbocycles. The van der Waals surface area contributed by atoms with Crippen molar-refractivity contribution in [3.8, 4) is 0 Å². The van der Waals surface area contributed by atoms with Gasteiger partial charge in [-0.1, -0.05) is 48.5 Å². The van der Waals surface area contributed by atoms with Crippen molar-refractivity contribution >= 4 is 0 Å². The number of β-amino-alcohol motifs (C(OH)–C–C–N with tert-alkyl or cyclic N) is 1. The molecule has 2 heteroatoms.